The molecule has 0 atom stereocenters. The number of nitrogens with zero attached hydrogens (tertiary/aromatic N) is 1. The number of amides is 1. The van der Waals surface area contributed by atoms with Crippen molar-refractivity contribution >= 4 is 23.4 Å². The van der Waals surface area contributed by atoms with Gasteiger partial charge >= 0.3 is 0 Å². The average molecular weight is 445 g/mol. The molecule has 0 radical (unpaired) electrons. The molecule has 0 aliphatic carbocycles. The molecule has 1 amide bonds. The molecule has 1 aliphatic heterocycles. The normalized spacial score (nSPS) is 14.9. The fourth-order valence-corrected chi connectivity index (χ4v) is 5.12. The van der Waals surface area contributed by atoms with E-state index in [-0.39, 0.29) is 5.91 Å². The van der Waals surface area contributed by atoms with Crippen LogP contribution in [0.4, 0.5) is 5.69 Å². The second-order valence-electron chi connectivity index (χ2n) is 8.49. The number of carbonyl (C=O) groups is 1. The average Bonchev–Trinajstić information content (AvgIpc) is 2.83. The fraction of sp³-hybridized carbons (Fsp3) is 0.321. The molecule has 3 aromatic rings. The molecule has 0 spiro atoms. The van der Waals surface area contributed by atoms with Crippen LogP contribution in [0.15, 0.2) is 83.8 Å². The highest BCUT2D eigenvalue weighted by atomic mass is 32.2. The Bertz CT molecular complexity index is 995. The second-order valence-corrected chi connectivity index (χ2v) is 9.80. The van der Waals surface area contributed by atoms with Crippen molar-refractivity contribution in [2.45, 2.75) is 37.6 Å². The number of hydrogen-bond donors (Lipinski definition) is 1. The molecule has 4 heteroatoms. The lowest BCUT2D eigenvalue weighted by Gasteiger charge is -2.32. The highest BCUT2D eigenvalue weighted by Crippen LogP contribution is 2.27. The van der Waals surface area contributed by atoms with Gasteiger partial charge in [0, 0.05) is 17.0 Å². The quantitative estimate of drug-likeness (QED) is 0.402. The Morgan fingerprint density at radius 3 is 2.31 bits per heavy atom. The monoisotopic (exact) mass is 444 g/mol. The van der Waals surface area contributed by atoms with Crippen molar-refractivity contribution in [1.82, 2.24) is 4.90 Å². The molecule has 3 nitrogen and oxygen atoms in total. The van der Waals surface area contributed by atoms with Crippen molar-refractivity contribution < 1.29 is 4.79 Å². The van der Waals surface area contributed by atoms with Crippen LogP contribution in [0.5, 0.6) is 0 Å². The summed E-state index contributed by atoms with van der Waals surface area (Å²) in [5, 5.41) is 3.07. The molecule has 1 fully saturated rings. The lowest BCUT2D eigenvalue weighted by Crippen LogP contribution is -2.33. The molecule has 32 heavy (non-hydrogen) atoms. The molecule has 0 unspecified atom stereocenters. The Labute approximate surface area is 196 Å². The summed E-state index contributed by atoms with van der Waals surface area (Å²) in [4.78, 5) is 16.4. The van der Waals surface area contributed by atoms with Gasteiger partial charge in [-0.2, -0.15) is 0 Å². The maximum Gasteiger partial charge on any atom is 0.255 e. The summed E-state index contributed by atoms with van der Waals surface area (Å²) in [6.45, 7) is 5.36. The summed E-state index contributed by atoms with van der Waals surface area (Å²) < 4.78 is 0. The number of para-hydroxylation sites is 1. The summed E-state index contributed by atoms with van der Waals surface area (Å²) >= 11 is 1.74. The maximum absolute atomic E-state index is 12.7. The van der Waals surface area contributed by atoms with Gasteiger partial charge in [-0.1, -0.05) is 61.5 Å². The largest absolute Gasteiger partial charge is 0.321 e. The SMILES string of the molecule is CCSc1ccccc1NC(=O)c1ccc(CN2CCC(Cc3ccccc3)CC2)cc1. The first-order valence-electron chi connectivity index (χ1n) is 11.6. The van der Waals surface area contributed by atoms with Crippen molar-refractivity contribution in [3.63, 3.8) is 0 Å². The lowest BCUT2D eigenvalue weighted by molar-refractivity contribution is 0.102. The topological polar surface area (TPSA) is 32.3 Å². The third kappa shape index (κ3) is 6.24. The molecule has 3 aromatic carbocycles. The zero-order chi connectivity index (χ0) is 22.2. The number of hydrogen-bond acceptors (Lipinski definition) is 3. The van der Waals surface area contributed by atoms with Gasteiger partial charge in [0.1, 0.15) is 0 Å². The van der Waals surface area contributed by atoms with Gasteiger partial charge in [-0.05, 0) is 79.4 Å². The van der Waals surface area contributed by atoms with E-state index in [1.54, 1.807) is 11.8 Å². The zero-order valence-electron chi connectivity index (χ0n) is 18.8. The van der Waals surface area contributed by atoms with E-state index in [2.05, 4.69) is 65.7 Å². The number of carbonyl (C=O) groups excluding carboxylic acids is 1. The molecule has 0 saturated carbocycles. The van der Waals surface area contributed by atoms with Crippen molar-refractivity contribution in [2.75, 3.05) is 24.2 Å². The van der Waals surface area contributed by atoms with E-state index in [0.29, 0.717) is 5.56 Å². The molecular formula is C28H32N2OS. The number of thioether (sulfide) groups is 1. The molecular weight excluding hydrogens is 412 g/mol. The van der Waals surface area contributed by atoms with Crippen LogP contribution in [-0.4, -0.2) is 29.6 Å². The highest BCUT2D eigenvalue weighted by Gasteiger charge is 2.19. The van der Waals surface area contributed by atoms with E-state index < -0.39 is 0 Å². The van der Waals surface area contributed by atoms with Crippen LogP contribution < -0.4 is 5.32 Å². The number of likely N-dealkylation sites (tertiary alicyclic amines) is 1. The van der Waals surface area contributed by atoms with Gasteiger partial charge < -0.3 is 5.32 Å². The Morgan fingerprint density at radius 2 is 1.59 bits per heavy atom. The van der Waals surface area contributed by atoms with Crippen LogP contribution in [0.25, 0.3) is 0 Å². The third-order valence-electron chi connectivity index (χ3n) is 6.13. The van der Waals surface area contributed by atoms with Gasteiger partial charge in [-0.25, -0.2) is 0 Å². The standard InChI is InChI=1S/C28H32N2OS/c1-2-32-27-11-7-6-10-26(27)29-28(31)25-14-12-24(13-15-25)21-30-18-16-23(17-19-30)20-22-8-4-3-5-9-22/h3-15,23H,2,16-21H2,1H3,(H,29,31). The number of nitrogens with one attached hydrogen (secondary N) is 1. The van der Waals surface area contributed by atoms with Crippen LogP contribution in [0, 0.1) is 5.92 Å². The van der Waals surface area contributed by atoms with Crippen LogP contribution >= 0.6 is 11.8 Å². The summed E-state index contributed by atoms with van der Waals surface area (Å²) in [7, 11) is 0. The molecule has 166 valence electrons. The van der Waals surface area contributed by atoms with Gasteiger partial charge in [0.2, 0.25) is 0 Å². The summed E-state index contributed by atoms with van der Waals surface area (Å²) in [5.41, 5.74) is 4.30. The predicted octanol–water partition coefficient (Wildman–Crippen LogP) is 6.51. The first kappa shape index (κ1) is 22.6. The van der Waals surface area contributed by atoms with Gasteiger partial charge in [-0.15, -0.1) is 11.8 Å². The molecule has 4 rings (SSSR count). The summed E-state index contributed by atoms with van der Waals surface area (Å²) in [6.07, 6.45) is 3.70. The third-order valence-corrected chi connectivity index (χ3v) is 7.09. The Kier molecular flexibility index (Phi) is 8.02. The molecule has 1 heterocycles. The van der Waals surface area contributed by atoms with Crippen LogP contribution in [0.1, 0.15) is 41.3 Å². The van der Waals surface area contributed by atoms with Gasteiger partial charge in [-0.3, -0.25) is 9.69 Å². The van der Waals surface area contributed by atoms with Gasteiger partial charge in [0.05, 0.1) is 5.69 Å². The molecule has 0 bridgehead atoms. The minimum Gasteiger partial charge on any atom is -0.321 e. The maximum atomic E-state index is 12.7. The number of rotatable bonds is 8. The van der Waals surface area contributed by atoms with E-state index in [4.69, 9.17) is 0 Å². The lowest BCUT2D eigenvalue weighted by atomic mass is 9.90. The highest BCUT2D eigenvalue weighted by molar-refractivity contribution is 7.99. The minimum atomic E-state index is -0.0533. The molecule has 1 aliphatic rings. The first-order valence-corrected chi connectivity index (χ1v) is 12.6. The molecule has 0 aromatic heterocycles. The van der Waals surface area contributed by atoms with E-state index in [9.17, 15) is 4.79 Å². The second kappa shape index (κ2) is 11.3. The van der Waals surface area contributed by atoms with E-state index in [1.807, 2.05) is 30.3 Å². The molecule has 1 saturated heterocycles. The van der Waals surface area contributed by atoms with E-state index in [1.165, 1.54) is 30.4 Å². The van der Waals surface area contributed by atoms with E-state index in [0.717, 1.165) is 41.9 Å². The van der Waals surface area contributed by atoms with Crippen molar-refractivity contribution in [1.29, 1.82) is 0 Å². The predicted molar refractivity (Wildman–Crippen MR) is 135 cm³/mol. The van der Waals surface area contributed by atoms with Crippen LogP contribution in [0.3, 0.4) is 0 Å². The smallest absolute Gasteiger partial charge is 0.255 e. The van der Waals surface area contributed by atoms with Crippen molar-refractivity contribution in [2.24, 2.45) is 5.92 Å². The first-order chi connectivity index (χ1) is 15.7. The minimum absolute atomic E-state index is 0.0533. The van der Waals surface area contributed by atoms with Crippen molar-refractivity contribution in [3.8, 4) is 0 Å². The Morgan fingerprint density at radius 1 is 0.906 bits per heavy atom. The summed E-state index contributed by atoms with van der Waals surface area (Å²) in [6, 6.07) is 26.9. The van der Waals surface area contributed by atoms with E-state index >= 15 is 0 Å². The number of piperidine rings is 1. The molecule has 1 N–H and O–H groups in total. The van der Waals surface area contributed by atoms with Gasteiger partial charge in [0.25, 0.3) is 5.91 Å². The Hall–Kier alpha value is -2.56. The van der Waals surface area contributed by atoms with Crippen molar-refractivity contribution in [3.05, 3.63) is 95.6 Å². The number of benzene rings is 3. The van der Waals surface area contributed by atoms with Crippen LogP contribution in [0.2, 0.25) is 0 Å². The zero-order valence-corrected chi connectivity index (χ0v) is 19.6. The van der Waals surface area contributed by atoms with Crippen LogP contribution in [-0.2, 0) is 13.0 Å². The fourth-order valence-electron chi connectivity index (χ4n) is 4.36. The number of anilines is 1. The van der Waals surface area contributed by atoms with Gasteiger partial charge in [0.15, 0.2) is 0 Å². The Balaban J connectivity index is 1.27. The summed E-state index contributed by atoms with van der Waals surface area (Å²) in [5.74, 6) is 1.71.